The number of hydrogen-bond donors (Lipinski definition) is 1. The number of nitrogens with one attached hydrogen (secondary N) is 1. The van der Waals surface area contributed by atoms with Gasteiger partial charge in [0.25, 0.3) is 5.91 Å². The maximum atomic E-state index is 12.8. The Kier molecular flexibility index (Phi) is 5.69. The minimum absolute atomic E-state index is 0.0880. The second-order valence-electron chi connectivity index (χ2n) is 6.88. The van der Waals surface area contributed by atoms with Gasteiger partial charge in [-0.1, -0.05) is 18.2 Å². The van der Waals surface area contributed by atoms with Crippen molar-refractivity contribution in [1.82, 2.24) is 20.0 Å². The number of para-hydroxylation sites is 1. The highest BCUT2D eigenvalue weighted by Gasteiger charge is 2.29. The normalized spacial score (nSPS) is 13.8. The lowest BCUT2D eigenvalue weighted by molar-refractivity contribution is -0.127. The van der Waals surface area contributed by atoms with Crippen LogP contribution in [0.2, 0.25) is 0 Å². The van der Waals surface area contributed by atoms with E-state index < -0.39 is 0 Å². The van der Waals surface area contributed by atoms with Gasteiger partial charge in [-0.3, -0.25) is 9.59 Å². The van der Waals surface area contributed by atoms with Crippen LogP contribution in [-0.2, 0) is 16.0 Å². The number of benzene rings is 1. The number of hydrogen-bond acceptors (Lipinski definition) is 5. The Morgan fingerprint density at radius 1 is 1.30 bits per heavy atom. The van der Waals surface area contributed by atoms with Gasteiger partial charge in [0.05, 0.1) is 6.67 Å². The standard InChI is InChI=1S/C20H26N4O3/c1-22(20(26)18-19(24(3)14-25)21-13-23(18)2)11-7-6-9-16-12-15-8-4-5-10-17(15)27-16/h4-5,8,10,12,14,21H,6-7,9,11,13H2,1-3H3. The summed E-state index contributed by atoms with van der Waals surface area (Å²) in [6.07, 6.45) is 3.36. The lowest BCUT2D eigenvalue weighted by atomic mass is 10.2. The Morgan fingerprint density at radius 2 is 2.07 bits per heavy atom. The van der Waals surface area contributed by atoms with E-state index in [1.54, 1.807) is 19.0 Å². The second kappa shape index (κ2) is 8.16. The molecule has 2 amide bonds. The third kappa shape index (κ3) is 4.07. The van der Waals surface area contributed by atoms with Crippen LogP contribution in [0.5, 0.6) is 0 Å². The van der Waals surface area contributed by atoms with Gasteiger partial charge in [0.1, 0.15) is 22.9 Å². The van der Waals surface area contributed by atoms with Crippen molar-refractivity contribution < 1.29 is 14.0 Å². The van der Waals surface area contributed by atoms with Crippen LogP contribution in [0.3, 0.4) is 0 Å². The van der Waals surface area contributed by atoms with Crippen LogP contribution in [0.4, 0.5) is 0 Å². The van der Waals surface area contributed by atoms with E-state index in [0.717, 1.165) is 36.0 Å². The van der Waals surface area contributed by atoms with Crippen molar-refractivity contribution >= 4 is 23.3 Å². The van der Waals surface area contributed by atoms with E-state index in [9.17, 15) is 9.59 Å². The molecule has 3 rings (SSSR count). The summed E-state index contributed by atoms with van der Waals surface area (Å²) in [5.41, 5.74) is 1.43. The number of rotatable bonds is 8. The first-order valence-corrected chi connectivity index (χ1v) is 9.11. The zero-order valence-corrected chi connectivity index (χ0v) is 16.1. The average Bonchev–Trinajstić information content (AvgIpc) is 3.26. The number of aryl methyl sites for hydroxylation is 1. The summed E-state index contributed by atoms with van der Waals surface area (Å²) >= 11 is 0. The lowest BCUT2D eigenvalue weighted by Gasteiger charge is -2.22. The summed E-state index contributed by atoms with van der Waals surface area (Å²) in [4.78, 5) is 28.8. The Morgan fingerprint density at radius 3 is 2.81 bits per heavy atom. The van der Waals surface area contributed by atoms with Gasteiger partial charge in [-0.2, -0.15) is 0 Å². The molecule has 2 aromatic rings. The molecular formula is C20H26N4O3. The molecule has 0 bridgehead atoms. The molecular weight excluding hydrogens is 344 g/mol. The zero-order valence-electron chi connectivity index (χ0n) is 16.1. The molecule has 0 radical (unpaired) electrons. The SMILES string of the molecule is CN(C=O)C1=C(C(=O)N(C)CCCCc2cc3ccccc3o2)N(C)CN1. The third-order valence-electron chi connectivity index (χ3n) is 4.79. The van der Waals surface area contributed by atoms with Gasteiger partial charge in [-0.25, -0.2) is 0 Å². The maximum absolute atomic E-state index is 12.8. The number of unbranched alkanes of at least 4 members (excludes halogenated alkanes) is 1. The van der Waals surface area contributed by atoms with Crippen LogP contribution in [0.25, 0.3) is 11.0 Å². The molecule has 1 aromatic heterocycles. The number of furan rings is 1. The number of carbonyl (C=O) groups excluding carboxylic acids is 2. The predicted molar refractivity (Wildman–Crippen MR) is 103 cm³/mol. The van der Waals surface area contributed by atoms with Crippen LogP contribution >= 0.6 is 0 Å². The molecule has 144 valence electrons. The third-order valence-corrected chi connectivity index (χ3v) is 4.79. The van der Waals surface area contributed by atoms with Crippen LogP contribution < -0.4 is 5.32 Å². The highest BCUT2D eigenvalue weighted by molar-refractivity contribution is 5.94. The van der Waals surface area contributed by atoms with E-state index in [1.165, 1.54) is 4.90 Å². The first kappa shape index (κ1) is 18.8. The van der Waals surface area contributed by atoms with E-state index in [0.29, 0.717) is 31.1 Å². The molecule has 0 fully saturated rings. The van der Waals surface area contributed by atoms with E-state index in [4.69, 9.17) is 4.42 Å². The fourth-order valence-electron chi connectivity index (χ4n) is 3.24. The van der Waals surface area contributed by atoms with Gasteiger partial charge < -0.3 is 24.4 Å². The van der Waals surface area contributed by atoms with Gasteiger partial charge in [-0.15, -0.1) is 0 Å². The molecule has 7 heteroatoms. The van der Waals surface area contributed by atoms with Gasteiger partial charge in [-0.05, 0) is 25.0 Å². The number of amides is 2. The molecule has 2 heterocycles. The van der Waals surface area contributed by atoms with Gasteiger partial charge >= 0.3 is 0 Å². The molecule has 1 aliphatic rings. The summed E-state index contributed by atoms with van der Waals surface area (Å²) in [6, 6.07) is 10.1. The molecule has 7 nitrogen and oxygen atoms in total. The molecule has 1 N–H and O–H groups in total. The number of likely N-dealkylation sites (N-methyl/N-ethyl adjacent to an activating group) is 2. The highest BCUT2D eigenvalue weighted by atomic mass is 16.3. The van der Waals surface area contributed by atoms with Crippen molar-refractivity contribution in [2.45, 2.75) is 19.3 Å². The predicted octanol–water partition coefficient (Wildman–Crippen LogP) is 1.96. The summed E-state index contributed by atoms with van der Waals surface area (Å²) in [6.45, 7) is 1.16. The quantitative estimate of drug-likeness (QED) is 0.568. The van der Waals surface area contributed by atoms with E-state index >= 15 is 0 Å². The van der Waals surface area contributed by atoms with Crippen LogP contribution in [0.1, 0.15) is 18.6 Å². The molecule has 0 unspecified atom stereocenters. The molecule has 0 atom stereocenters. The Bertz CT molecular complexity index is 825. The van der Waals surface area contributed by atoms with E-state index in [1.807, 2.05) is 36.2 Å². The molecule has 1 aromatic carbocycles. The van der Waals surface area contributed by atoms with Crippen LogP contribution in [0.15, 0.2) is 46.3 Å². The maximum Gasteiger partial charge on any atom is 0.273 e. The second-order valence-corrected chi connectivity index (χ2v) is 6.88. The van der Waals surface area contributed by atoms with E-state index in [-0.39, 0.29) is 5.91 Å². The van der Waals surface area contributed by atoms with Crippen LogP contribution in [0, 0.1) is 0 Å². The molecule has 0 saturated carbocycles. The van der Waals surface area contributed by atoms with Crippen molar-refractivity contribution in [3.8, 4) is 0 Å². The lowest BCUT2D eigenvalue weighted by Crippen LogP contribution is -2.35. The first-order valence-electron chi connectivity index (χ1n) is 9.11. The fourth-order valence-corrected chi connectivity index (χ4v) is 3.24. The van der Waals surface area contributed by atoms with Crippen molar-refractivity contribution in [2.75, 3.05) is 34.4 Å². The smallest absolute Gasteiger partial charge is 0.273 e. The van der Waals surface area contributed by atoms with Gasteiger partial charge in [0, 0.05) is 39.5 Å². The average molecular weight is 370 g/mol. The topological polar surface area (TPSA) is 69.0 Å². The molecule has 27 heavy (non-hydrogen) atoms. The Balaban J connectivity index is 1.53. The molecule has 0 aliphatic carbocycles. The van der Waals surface area contributed by atoms with Crippen molar-refractivity contribution in [3.63, 3.8) is 0 Å². The summed E-state index contributed by atoms with van der Waals surface area (Å²) in [5.74, 6) is 1.43. The number of nitrogens with zero attached hydrogens (tertiary/aromatic N) is 3. The zero-order chi connectivity index (χ0) is 19.4. The van der Waals surface area contributed by atoms with Crippen LogP contribution in [-0.4, -0.2) is 61.4 Å². The molecule has 0 spiro atoms. The van der Waals surface area contributed by atoms with Crippen molar-refractivity contribution in [1.29, 1.82) is 0 Å². The number of carbonyl (C=O) groups is 2. The van der Waals surface area contributed by atoms with Crippen molar-refractivity contribution in [3.05, 3.63) is 47.6 Å². The van der Waals surface area contributed by atoms with Gasteiger partial charge in [0.2, 0.25) is 6.41 Å². The molecule has 1 aliphatic heterocycles. The molecule has 0 saturated heterocycles. The highest BCUT2D eigenvalue weighted by Crippen LogP contribution is 2.21. The summed E-state index contributed by atoms with van der Waals surface area (Å²) < 4.78 is 5.83. The monoisotopic (exact) mass is 370 g/mol. The van der Waals surface area contributed by atoms with Crippen molar-refractivity contribution in [2.24, 2.45) is 0 Å². The summed E-state index contributed by atoms with van der Waals surface area (Å²) in [5, 5.41) is 4.21. The van der Waals surface area contributed by atoms with E-state index in [2.05, 4.69) is 11.4 Å². The van der Waals surface area contributed by atoms with Gasteiger partial charge in [0.15, 0.2) is 0 Å². The fraction of sp³-hybridized carbons (Fsp3) is 0.400. The summed E-state index contributed by atoms with van der Waals surface area (Å²) in [7, 11) is 5.26. The largest absolute Gasteiger partial charge is 0.461 e. The minimum atomic E-state index is -0.0880. The number of fused-ring (bicyclic) bond motifs is 1. The first-order chi connectivity index (χ1) is 13.0. The Labute approximate surface area is 159 Å². The Hall–Kier alpha value is -2.96. The minimum Gasteiger partial charge on any atom is -0.461 e.